The van der Waals surface area contributed by atoms with Gasteiger partial charge in [0, 0.05) is 11.1 Å². The van der Waals surface area contributed by atoms with Crippen LogP contribution >= 0.6 is 11.8 Å². The number of rotatable bonds is 7. The van der Waals surface area contributed by atoms with Crippen molar-refractivity contribution in [1.29, 1.82) is 0 Å². The lowest BCUT2D eigenvalue weighted by atomic mass is 10.1. The number of nitrogens with zero attached hydrogens (tertiary/aromatic N) is 2. The number of carbonyl (C=O) groups excluding carboxylic acids is 1. The van der Waals surface area contributed by atoms with Gasteiger partial charge >= 0.3 is 0 Å². The highest BCUT2D eigenvalue weighted by molar-refractivity contribution is 7.99. The third-order valence-electron chi connectivity index (χ3n) is 3.93. The Morgan fingerprint density at radius 1 is 0.962 bits per heavy atom. The van der Waals surface area contributed by atoms with Crippen LogP contribution in [-0.2, 0) is 6.54 Å². The summed E-state index contributed by atoms with van der Waals surface area (Å²) in [6.45, 7) is 2.64. The van der Waals surface area contributed by atoms with Crippen molar-refractivity contribution in [2.45, 2.75) is 24.8 Å². The highest BCUT2D eigenvalue weighted by Crippen LogP contribution is 2.26. The standard InChI is InChI=1S/C22H22N2OS/c1-2-16-26-20-13-7-6-12-19(20)22(25)24(21-14-8-9-15-23-21)17-18-10-4-3-5-11-18/h3-15H,2,16-17H2,1H3. The van der Waals surface area contributed by atoms with Crippen molar-refractivity contribution < 1.29 is 4.79 Å². The van der Waals surface area contributed by atoms with Crippen molar-refractivity contribution in [3.8, 4) is 0 Å². The van der Waals surface area contributed by atoms with E-state index >= 15 is 0 Å². The molecular formula is C22H22N2OS. The van der Waals surface area contributed by atoms with Gasteiger partial charge in [0.2, 0.25) is 0 Å². The number of thioether (sulfide) groups is 1. The van der Waals surface area contributed by atoms with E-state index in [1.165, 1.54) is 0 Å². The zero-order valence-corrected chi connectivity index (χ0v) is 15.7. The predicted octanol–water partition coefficient (Wildman–Crippen LogP) is 5.43. The van der Waals surface area contributed by atoms with Crippen LogP contribution in [0.5, 0.6) is 0 Å². The van der Waals surface area contributed by atoms with E-state index in [2.05, 4.69) is 11.9 Å². The molecule has 0 unspecified atom stereocenters. The van der Waals surface area contributed by atoms with Crippen LogP contribution in [0.3, 0.4) is 0 Å². The number of carbonyl (C=O) groups is 1. The van der Waals surface area contributed by atoms with Crippen LogP contribution in [0.15, 0.2) is 83.9 Å². The fraction of sp³-hybridized carbons (Fsp3) is 0.182. The van der Waals surface area contributed by atoms with E-state index in [1.807, 2.05) is 72.8 Å². The number of hydrogen-bond donors (Lipinski definition) is 0. The molecule has 0 spiro atoms. The SMILES string of the molecule is CCCSc1ccccc1C(=O)N(Cc1ccccc1)c1ccccn1. The van der Waals surface area contributed by atoms with Crippen LogP contribution in [-0.4, -0.2) is 16.6 Å². The molecule has 0 bridgehead atoms. The molecule has 3 nitrogen and oxygen atoms in total. The van der Waals surface area contributed by atoms with Gasteiger partial charge in [-0.1, -0.05) is 55.5 Å². The Morgan fingerprint density at radius 2 is 1.69 bits per heavy atom. The summed E-state index contributed by atoms with van der Waals surface area (Å²) in [5, 5.41) is 0. The molecule has 132 valence electrons. The molecule has 0 saturated carbocycles. The summed E-state index contributed by atoms with van der Waals surface area (Å²) in [6.07, 6.45) is 2.79. The van der Waals surface area contributed by atoms with Crippen molar-refractivity contribution in [2.75, 3.05) is 10.7 Å². The quantitative estimate of drug-likeness (QED) is 0.525. The number of anilines is 1. The van der Waals surface area contributed by atoms with E-state index in [1.54, 1.807) is 22.9 Å². The number of pyridine rings is 1. The van der Waals surface area contributed by atoms with Gasteiger partial charge in [-0.15, -0.1) is 11.8 Å². The van der Waals surface area contributed by atoms with Gasteiger partial charge in [-0.25, -0.2) is 4.98 Å². The molecule has 26 heavy (non-hydrogen) atoms. The van der Waals surface area contributed by atoms with Gasteiger partial charge in [0.15, 0.2) is 0 Å². The minimum atomic E-state index is -0.0215. The third-order valence-corrected chi connectivity index (χ3v) is 5.21. The molecule has 0 aliphatic carbocycles. The average molecular weight is 362 g/mol. The van der Waals surface area contributed by atoms with Gasteiger partial charge in [0.25, 0.3) is 5.91 Å². The molecule has 1 aromatic heterocycles. The summed E-state index contributed by atoms with van der Waals surface area (Å²) in [4.78, 5) is 20.6. The molecule has 0 aliphatic heterocycles. The molecule has 3 rings (SSSR count). The molecule has 0 fully saturated rings. The Bertz CT molecular complexity index is 837. The van der Waals surface area contributed by atoms with Crippen molar-refractivity contribution in [1.82, 2.24) is 4.98 Å². The summed E-state index contributed by atoms with van der Waals surface area (Å²) < 4.78 is 0. The molecule has 0 aliphatic rings. The summed E-state index contributed by atoms with van der Waals surface area (Å²) in [5.74, 6) is 1.63. The van der Waals surface area contributed by atoms with E-state index in [0.29, 0.717) is 12.4 Å². The summed E-state index contributed by atoms with van der Waals surface area (Å²) >= 11 is 1.73. The Balaban J connectivity index is 1.95. The number of aromatic nitrogens is 1. The summed E-state index contributed by atoms with van der Waals surface area (Å²) in [6, 6.07) is 23.5. The van der Waals surface area contributed by atoms with Crippen LogP contribution in [0.4, 0.5) is 5.82 Å². The molecule has 0 atom stereocenters. The zero-order chi connectivity index (χ0) is 18.2. The average Bonchev–Trinajstić information content (AvgIpc) is 2.71. The highest BCUT2D eigenvalue weighted by Gasteiger charge is 2.21. The zero-order valence-electron chi connectivity index (χ0n) is 14.8. The first-order valence-corrected chi connectivity index (χ1v) is 9.77. The number of amides is 1. The Kier molecular flexibility index (Phi) is 6.45. The predicted molar refractivity (Wildman–Crippen MR) is 109 cm³/mol. The molecule has 1 heterocycles. The molecule has 0 N–H and O–H groups in total. The first-order chi connectivity index (χ1) is 12.8. The van der Waals surface area contributed by atoms with Crippen LogP contribution in [0.1, 0.15) is 29.3 Å². The van der Waals surface area contributed by atoms with Crippen LogP contribution in [0.25, 0.3) is 0 Å². The number of hydrogen-bond acceptors (Lipinski definition) is 3. The molecule has 2 aromatic carbocycles. The van der Waals surface area contributed by atoms with Gasteiger partial charge < -0.3 is 0 Å². The van der Waals surface area contributed by atoms with Crippen LogP contribution < -0.4 is 4.90 Å². The minimum Gasteiger partial charge on any atom is -0.288 e. The minimum absolute atomic E-state index is 0.0215. The van der Waals surface area contributed by atoms with Gasteiger partial charge in [-0.05, 0) is 42.0 Å². The molecule has 4 heteroatoms. The second kappa shape index (κ2) is 9.20. The summed E-state index contributed by atoms with van der Waals surface area (Å²) in [5.41, 5.74) is 1.80. The van der Waals surface area contributed by atoms with Crippen LogP contribution in [0.2, 0.25) is 0 Å². The maximum absolute atomic E-state index is 13.4. The molecule has 1 amide bonds. The highest BCUT2D eigenvalue weighted by atomic mass is 32.2. The fourth-order valence-electron chi connectivity index (χ4n) is 2.66. The normalized spacial score (nSPS) is 10.5. The Hall–Kier alpha value is -2.59. The topological polar surface area (TPSA) is 33.2 Å². The van der Waals surface area contributed by atoms with E-state index in [-0.39, 0.29) is 5.91 Å². The lowest BCUT2D eigenvalue weighted by Crippen LogP contribution is -2.31. The first-order valence-electron chi connectivity index (χ1n) is 8.78. The summed E-state index contributed by atoms with van der Waals surface area (Å²) in [7, 11) is 0. The van der Waals surface area contributed by atoms with Crippen molar-refractivity contribution in [3.05, 3.63) is 90.1 Å². The van der Waals surface area contributed by atoms with Gasteiger partial charge in [-0.3, -0.25) is 9.69 Å². The maximum atomic E-state index is 13.4. The first kappa shape index (κ1) is 18.2. The van der Waals surface area contributed by atoms with Crippen molar-refractivity contribution in [3.63, 3.8) is 0 Å². The van der Waals surface area contributed by atoms with E-state index in [4.69, 9.17) is 0 Å². The molecular weight excluding hydrogens is 340 g/mol. The lowest BCUT2D eigenvalue weighted by Gasteiger charge is -2.23. The van der Waals surface area contributed by atoms with Gasteiger partial charge in [-0.2, -0.15) is 0 Å². The van der Waals surface area contributed by atoms with E-state index in [0.717, 1.165) is 28.2 Å². The van der Waals surface area contributed by atoms with Crippen LogP contribution in [0, 0.1) is 0 Å². The largest absolute Gasteiger partial charge is 0.288 e. The third kappa shape index (κ3) is 4.52. The Morgan fingerprint density at radius 3 is 2.42 bits per heavy atom. The monoisotopic (exact) mass is 362 g/mol. The fourth-order valence-corrected chi connectivity index (χ4v) is 3.57. The maximum Gasteiger partial charge on any atom is 0.260 e. The van der Waals surface area contributed by atoms with E-state index < -0.39 is 0 Å². The number of benzene rings is 2. The van der Waals surface area contributed by atoms with Crippen molar-refractivity contribution in [2.24, 2.45) is 0 Å². The molecule has 3 aromatic rings. The second-order valence-electron chi connectivity index (χ2n) is 5.91. The smallest absolute Gasteiger partial charge is 0.260 e. The Labute approximate surface area is 159 Å². The molecule has 0 radical (unpaired) electrons. The van der Waals surface area contributed by atoms with Gasteiger partial charge in [0.05, 0.1) is 12.1 Å². The molecule has 0 saturated heterocycles. The second-order valence-corrected chi connectivity index (χ2v) is 7.05. The lowest BCUT2D eigenvalue weighted by molar-refractivity contribution is 0.0981. The van der Waals surface area contributed by atoms with Gasteiger partial charge in [0.1, 0.15) is 5.82 Å². The van der Waals surface area contributed by atoms with E-state index in [9.17, 15) is 4.79 Å². The van der Waals surface area contributed by atoms with Crippen molar-refractivity contribution >= 4 is 23.5 Å².